The predicted octanol–water partition coefficient (Wildman–Crippen LogP) is 18.1. The monoisotopic (exact) mass is 1140 g/mol. The van der Waals surface area contributed by atoms with Crippen LogP contribution in [0.5, 0.6) is 11.5 Å². The number of rotatable bonds is 7. The average Bonchev–Trinajstić information content (AvgIpc) is 3.96. The van der Waals surface area contributed by atoms with Gasteiger partial charge in [0.1, 0.15) is 5.82 Å². The summed E-state index contributed by atoms with van der Waals surface area (Å²) in [5.74, 6) is 2.13. The van der Waals surface area contributed by atoms with Crippen molar-refractivity contribution in [3.05, 3.63) is 198 Å². The Labute approximate surface area is 448 Å². The summed E-state index contributed by atoms with van der Waals surface area (Å²) >= 11 is 0. The van der Waals surface area contributed by atoms with E-state index in [1.54, 1.807) is 0 Å². The smallest absolute Gasteiger partial charge is 0.135 e. The molecule has 0 bridgehead atoms. The van der Waals surface area contributed by atoms with Crippen molar-refractivity contribution in [1.82, 2.24) is 9.55 Å². The van der Waals surface area contributed by atoms with Crippen molar-refractivity contribution in [2.45, 2.75) is 124 Å². The largest absolute Gasteiger partial charge is 0.509 e. The Morgan fingerprint density at radius 2 is 1.07 bits per heavy atom. The SMILES string of the molecule is CC(C)(C)c1cccc(-c2cc(C(C)(C)C)cc(-c3cccc(C(C)(C)C)c3)c2N2[CH-]N(c3[c-]c(Oc4[c-]c5c6c(c4)C(C)(C)c4cccc(c46)n5-c4cc(C(C)(C)C)ccn4)ccc3)c3ccccc32)c1.[Pt]. The summed E-state index contributed by atoms with van der Waals surface area (Å²) in [6.45, 7) is 34.4. The Kier molecular flexibility index (Phi) is 12.1. The molecule has 9 aromatic rings. The zero-order chi connectivity index (χ0) is 50.9. The van der Waals surface area contributed by atoms with Crippen LogP contribution in [0.3, 0.4) is 0 Å². The minimum Gasteiger partial charge on any atom is -0.509 e. The number of fused-ring (bicyclic) bond motifs is 1. The van der Waals surface area contributed by atoms with Gasteiger partial charge in [0.15, 0.2) is 0 Å². The fraction of sp³-hybridized carbons (Fsp3) is 0.284. The van der Waals surface area contributed by atoms with E-state index in [0.717, 1.165) is 39.6 Å². The molecule has 0 saturated carbocycles. The van der Waals surface area contributed by atoms with Gasteiger partial charge in [-0.3, -0.25) is 0 Å². The van der Waals surface area contributed by atoms with E-state index < -0.39 is 0 Å². The van der Waals surface area contributed by atoms with Crippen molar-refractivity contribution in [2.24, 2.45) is 0 Å². The molecule has 0 fully saturated rings. The molecule has 0 radical (unpaired) electrons. The third-order valence-electron chi connectivity index (χ3n) is 15.1. The third-order valence-corrected chi connectivity index (χ3v) is 15.1. The van der Waals surface area contributed by atoms with E-state index in [1.807, 2.05) is 12.3 Å². The van der Waals surface area contributed by atoms with Crippen LogP contribution in [0.1, 0.15) is 130 Å². The molecule has 11 rings (SSSR count). The zero-order valence-corrected chi connectivity index (χ0v) is 47.2. The summed E-state index contributed by atoms with van der Waals surface area (Å²) in [6.07, 6.45) is 1.93. The fourth-order valence-electron chi connectivity index (χ4n) is 10.8. The van der Waals surface area contributed by atoms with Gasteiger partial charge in [-0.25, -0.2) is 4.98 Å². The van der Waals surface area contributed by atoms with Crippen LogP contribution < -0.4 is 14.5 Å². The van der Waals surface area contributed by atoms with E-state index in [0.29, 0.717) is 11.5 Å². The first-order valence-corrected chi connectivity index (χ1v) is 25.6. The molecule has 0 atom stereocenters. The topological polar surface area (TPSA) is 33.5 Å². The number of hydrogen-bond acceptors (Lipinski definition) is 4. The van der Waals surface area contributed by atoms with Crippen LogP contribution in [0.15, 0.2) is 146 Å². The minimum absolute atomic E-state index is 0. The Morgan fingerprint density at radius 1 is 0.507 bits per heavy atom. The van der Waals surface area contributed by atoms with E-state index in [4.69, 9.17) is 9.72 Å². The molecule has 73 heavy (non-hydrogen) atoms. The number of para-hydroxylation sites is 2. The number of ether oxygens (including phenoxy) is 1. The van der Waals surface area contributed by atoms with Crippen molar-refractivity contribution in [3.8, 4) is 39.6 Å². The molecule has 0 saturated heterocycles. The quantitative estimate of drug-likeness (QED) is 0.149. The van der Waals surface area contributed by atoms with Gasteiger partial charge in [-0.05, 0) is 114 Å². The van der Waals surface area contributed by atoms with Crippen molar-refractivity contribution in [1.29, 1.82) is 0 Å². The summed E-state index contributed by atoms with van der Waals surface area (Å²) < 4.78 is 9.22. The molecule has 0 spiro atoms. The molecular formula is C67H67N4OPt-3. The molecule has 0 N–H and O–H groups in total. The van der Waals surface area contributed by atoms with Gasteiger partial charge < -0.3 is 19.1 Å². The van der Waals surface area contributed by atoms with Crippen LogP contribution in [0.2, 0.25) is 0 Å². The standard InChI is InChI=1S/C67H67N4O.Pt/c1-63(2,3)44-23-17-21-42(33-44)51-35-47(66(10,11)12)36-52(43-22-18-24-45(34-43)64(4,5)6)62(51)70-41-69(55-28-15-16-29-56(55)70)48-25-19-26-49(38-48)72-50-39-54-61-58(40-50)71(59-37-46(31-32-68-59)65(7,8)9)57-30-20-27-53(60(57)61)67(54,13)14;/h15-37,39,41H,1-14H3;/q-3;. The minimum atomic E-state index is -0.233. The van der Waals surface area contributed by atoms with Gasteiger partial charge in [-0.1, -0.05) is 181 Å². The maximum atomic E-state index is 6.95. The first-order valence-electron chi connectivity index (χ1n) is 25.6. The molecular weight excluding hydrogens is 1070 g/mol. The number of aromatic nitrogens is 2. The Morgan fingerprint density at radius 3 is 1.67 bits per heavy atom. The van der Waals surface area contributed by atoms with Crippen LogP contribution in [0, 0.1) is 18.8 Å². The molecule has 0 amide bonds. The van der Waals surface area contributed by atoms with Crippen molar-refractivity contribution in [2.75, 3.05) is 9.80 Å². The molecule has 3 heterocycles. The normalized spacial score (nSPS) is 14.3. The molecule has 2 aromatic heterocycles. The predicted molar refractivity (Wildman–Crippen MR) is 302 cm³/mol. The van der Waals surface area contributed by atoms with Gasteiger partial charge in [0.25, 0.3) is 0 Å². The second-order valence-electron chi connectivity index (χ2n) is 24.8. The van der Waals surface area contributed by atoms with E-state index in [1.165, 1.54) is 66.4 Å². The van der Waals surface area contributed by atoms with Crippen molar-refractivity contribution >= 4 is 44.6 Å². The summed E-state index contributed by atoms with van der Waals surface area (Å²) in [7, 11) is 0. The molecule has 5 nitrogen and oxygen atoms in total. The average molecular weight is 1140 g/mol. The summed E-state index contributed by atoms with van der Waals surface area (Å²) in [5, 5.41) is 2.48. The number of benzene rings is 7. The molecule has 1 aliphatic heterocycles. The van der Waals surface area contributed by atoms with Gasteiger partial charge in [0.2, 0.25) is 0 Å². The van der Waals surface area contributed by atoms with Gasteiger partial charge in [0.05, 0.1) is 0 Å². The summed E-state index contributed by atoms with van der Waals surface area (Å²) in [5.41, 5.74) is 18.2. The van der Waals surface area contributed by atoms with Crippen LogP contribution in [0.25, 0.3) is 49.9 Å². The first kappa shape index (κ1) is 50.1. The second kappa shape index (κ2) is 17.6. The fourth-order valence-corrected chi connectivity index (χ4v) is 10.8. The molecule has 1 aliphatic carbocycles. The van der Waals surface area contributed by atoms with Crippen LogP contribution in [-0.4, -0.2) is 9.55 Å². The zero-order valence-electron chi connectivity index (χ0n) is 44.9. The van der Waals surface area contributed by atoms with E-state index in [-0.39, 0.29) is 48.1 Å². The number of nitrogens with zero attached hydrogens (tertiary/aromatic N) is 4. The van der Waals surface area contributed by atoms with Crippen LogP contribution >= 0.6 is 0 Å². The first-order chi connectivity index (χ1) is 34.0. The van der Waals surface area contributed by atoms with E-state index >= 15 is 0 Å². The van der Waals surface area contributed by atoms with Crippen LogP contribution in [-0.2, 0) is 48.1 Å². The molecule has 7 aromatic carbocycles. The number of anilines is 4. The van der Waals surface area contributed by atoms with Gasteiger partial charge in [-0.15, -0.1) is 48.3 Å². The third kappa shape index (κ3) is 8.70. The Bertz CT molecular complexity index is 3550. The molecule has 6 heteroatoms. The molecule has 2 aliphatic rings. The molecule has 0 unspecified atom stereocenters. The van der Waals surface area contributed by atoms with Crippen LogP contribution in [0.4, 0.5) is 22.7 Å². The second-order valence-corrected chi connectivity index (χ2v) is 24.8. The van der Waals surface area contributed by atoms with E-state index in [2.05, 4.69) is 264 Å². The van der Waals surface area contributed by atoms with Crippen molar-refractivity contribution < 1.29 is 25.8 Å². The van der Waals surface area contributed by atoms with Crippen molar-refractivity contribution in [3.63, 3.8) is 0 Å². The van der Waals surface area contributed by atoms with E-state index in [9.17, 15) is 0 Å². The molecule has 374 valence electrons. The van der Waals surface area contributed by atoms with Gasteiger partial charge in [-0.2, -0.15) is 6.07 Å². The summed E-state index contributed by atoms with van der Waals surface area (Å²) in [4.78, 5) is 9.63. The van der Waals surface area contributed by atoms with Gasteiger partial charge in [0, 0.05) is 72.5 Å². The van der Waals surface area contributed by atoms with Gasteiger partial charge >= 0.3 is 0 Å². The Balaban J connectivity index is 0.00000611. The number of pyridine rings is 1. The maximum absolute atomic E-state index is 6.95. The Hall–Kier alpha value is -6.42. The maximum Gasteiger partial charge on any atom is 0.135 e. The number of hydrogen-bond donors (Lipinski definition) is 0. The summed E-state index contributed by atoms with van der Waals surface area (Å²) in [6, 6.07) is 58.8.